The van der Waals surface area contributed by atoms with Crippen LogP contribution in [0.2, 0.25) is 0 Å². The number of nitrogens with zero attached hydrogens (tertiary/aromatic N) is 2. The predicted octanol–water partition coefficient (Wildman–Crippen LogP) is -0.803. The summed E-state index contributed by atoms with van der Waals surface area (Å²) >= 11 is 0. The second-order valence-corrected chi connectivity index (χ2v) is 4.54. The minimum Gasteiger partial charge on any atom is -0.480 e. The summed E-state index contributed by atoms with van der Waals surface area (Å²) in [5.74, 6) is -1.75. The van der Waals surface area contributed by atoms with Crippen LogP contribution in [0.3, 0.4) is 0 Å². The molecule has 0 spiro atoms. The van der Waals surface area contributed by atoms with Crippen LogP contribution in [-0.2, 0) is 14.4 Å². The smallest absolute Gasteiger partial charge is 0.322 e. The standard InChI is InChI=1S/C13H18N4O4/c14-7-10(13(21)16-9-12(19)20)8-15-4-2-6-17-5-1-3-11(17)18/h8,15H,1-6,9H2,(H,16,21)(H,19,20)/b10-8-. The van der Waals surface area contributed by atoms with E-state index >= 15 is 0 Å². The van der Waals surface area contributed by atoms with Gasteiger partial charge in [0.05, 0.1) is 0 Å². The van der Waals surface area contributed by atoms with E-state index in [-0.39, 0.29) is 11.5 Å². The van der Waals surface area contributed by atoms with Gasteiger partial charge in [-0.15, -0.1) is 0 Å². The molecule has 0 aromatic heterocycles. The van der Waals surface area contributed by atoms with Crippen molar-refractivity contribution in [2.45, 2.75) is 19.3 Å². The third kappa shape index (κ3) is 5.95. The normalized spacial score (nSPS) is 14.7. The highest BCUT2D eigenvalue weighted by Crippen LogP contribution is 2.09. The maximum atomic E-state index is 11.4. The van der Waals surface area contributed by atoms with Gasteiger partial charge in [-0.05, 0) is 12.8 Å². The second kappa shape index (κ2) is 8.58. The average Bonchev–Trinajstić information content (AvgIpc) is 2.85. The lowest BCUT2D eigenvalue weighted by atomic mass is 10.3. The minimum absolute atomic E-state index is 0.163. The molecule has 1 heterocycles. The zero-order valence-electron chi connectivity index (χ0n) is 11.6. The van der Waals surface area contributed by atoms with Gasteiger partial charge in [-0.2, -0.15) is 5.26 Å². The highest BCUT2D eigenvalue weighted by molar-refractivity contribution is 5.98. The SMILES string of the molecule is N#C/C(=C/NCCCN1CCCC1=O)C(=O)NCC(=O)O. The first-order valence-corrected chi connectivity index (χ1v) is 6.66. The van der Waals surface area contributed by atoms with E-state index in [1.54, 1.807) is 11.0 Å². The molecule has 0 atom stereocenters. The molecule has 0 radical (unpaired) electrons. The Hall–Kier alpha value is -2.56. The number of amides is 2. The number of rotatable bonds is 8. The van der Waals surface area contributed by atoms with Gasteiger partial charge in [-0.3, -0.25) is 14.4 Å². The van der Waals surface area contributed by atoms with Crippen molar-refractivity contribution in [2.24, 2.45) is 0 Å². The fraction of sp³-hybridized carbons (Fsp3) is 0.538. The number of carboxylic acids is 1. The Labute approximate surface area is 122 Å². The van der Waals surface area contributed by atoms with Gasteiger partial charge in [-0.1, -0.05) is 0 Å². The van der Waals surface area contributed by atoms with Gasteiger partial charge in [0.2, 0.25) is 5.91 Å². The summed E-state index contributed by atoms with van der Waals surface area (Å²) in [6, 6.07) is 1.69. The van der Waals surface area contributed by atoms with E-state index in [9.17, 15) is 14.4 Å². The zero-order chi connectivity index (χ0) is 15.7. The van der Waals surface area contributed by atoms with Gasteiger partial charge >= 0.3 is 5.97 Å². The summed E-state index contributed by atoms with van der Waals surface area (Å²) in [4.78, 5) is 34.9. The van der Waals surface area contributed by atoms with Crippen LogP contribution in [0.1, 0.15) is 19.3 Å². The lowest BCUT2D eigenvalue weighted by Crippen LogP contribution is -2.31. The van der Waals surface area contributed by atoms with Gasteiger partial charge in [0.25, 0.3) is 5.91 Å². The summed E-state index contributed by atoms with van der Waals surface area (Å²) in [5, 5.41) is 22.1. The number of likely N-dealkylation sites (tertiary alicyclic amines) is 1. The fourth-order valence-corrected chi connectivity index (χ4v) is 1.89. The summed E-state index contributed by atoms with van der Waals surface area (Å²) < 4.78 is 0. The molecule has 8 nitrogen and oxygen atoms in total. The van der Waals surface area contributed by atoms with Crippen LogP contribution in [-0.4, -0.2) is 54.0 Å². The number of hydrogen-bond donors (Lipinski definition) is 3. The third-order valence-corrected chi connectivity index (χ3v) is 2.93. The fourth-order valence-electron chi connectivity index (χ4n) is 1.89. The topological polar surface area (TPSA) is 123 Å². The highest BCUT2D eigenvalue weighted by atomic mass is 16.4. The molecule has 0 aromatic rings. The van der Waals surface area contributed by atoms with E-state index < -0.39 is 18.4 Å². The molecule has 0 aliphatic carbocycles. The van der Waals surface area contributed by atoms with Crippen LogP contribution in [0.4, 0.5) is 0 Å². The lowest BCUT2D eigenvalue weighted by Gasteiger charge is -2.14. The number of nitrogens with one attached hydrogen (secondary N) is 2. The first-order chi connectivity index (χ1) is 10.0. The average molecular weight is 294 g/mol. The Morgan fingerprint density at radius 2 is 2.24 bits per heavy atom. The molecule has 0 unspecified atom stereocenters. The number of carbonyl (C=O) groups excluding carboxylic acids is 2. The van der Waals surface area contributed by atoms with Crippen molar-refractivity contribution in [2.75, 3.05) is 26.2 Å². The van der Waals surface area contributed by atoms with E-state index in [2.05, 4.69) is 10.6 Å². The lowest BCUT2D eigenvalue weighted by molar-refractivity contribution is -0.137. The van der Waals surface area contributed by atoms with Crippen LogP contribution in [0, 0.1) is 11.3 Å². The monoisotopic (exact) mass is 294 g/mol. The van der Waals surface area contributed by atoms with Crippen LogP contribution < -0.4 is 10.6 Å². The molecule has 1 aliphatic rings. The molecule has 2 amide bonds. The Morgan fingerprint density at radius 1 is 1.48 bits per heavy atom. The van der Waals surface area contributed by atoms with Gasteiger partial charge in [0, 0.05) is 32.3 Å². The largest absolute Gasteiger partial charge is 0.480 e. The number of carboxylic acid groups (broad SMARTS) is 1. The van der Waals surface area contributed by atoms with Crippen molar-refractivity contribution in [1.29, 1.82) is 5.26 Å². The first-order valence-electron chi connectivity index (χ1n) is 6.66. The van der Waals surface area contributed by atoms with Crippen molar-refractivity contribution in [1.82, 2.24) is 15.5 Å². The number of aliphatic carboxylic acids is 1. The summed E-state index contributed by atoms with van der Waals surface area (Å²) in [7, 11) is 0. The molecule has 1 saturated heterocycles. The number of carbonyl (C=O) groups is 3. The molecule has 0 aromatic carbocycles. The highest BCUT2D eigenvalue weighted by Gasteiger charge is 2.18. The van der Waals surface area contributed by atoms with Crippen LogP contribution in [0.15, 0.2) is 11.8 Å². The molecule has 1 fully saturated rings. The first kappa shape index (κ1) is 16.5. The molecule has 0 bridgehead atoms. The van der Waals surface area contributed by atoms with Gasteiger partial charge < -0.3 is 20.6 Å². The predicted molar refractivity (Wildman–Crippen MR) is 72.8 cm³/mol. The van der Waals surface area contributed by atoms with E-state index in [1.807, 2.05) is 0 Å². The summed E-state index contributed by atoms with van der Waals surface area (Å²) in [6.07, 6.45) is 3.46. The molecule has 1 rings (SSSR count). The maximum absolute atomic E-state index is 11.4. The van der Waals surface area contributed by atoms with Crippen LogP contribution in [0.5, 0.6) is 0 Å². The molecule has 8 heteroatoms. The zero-order valence-corrected chi connectivity index (χ0v) is 11.6. The van der Waals surface area contributed by atoms with Crippen LogP contribution in [0.25, 0.3) is 0 Å². The molecular formula is C13H18N4O4. The quantitative estimate of drug-likeness (QED) is 0.306. The Kier molecular flexibility index (Phi) is 6.74. The summed E-state index contributed by atoms with van der Waals surface area (Å²) in [5.41, 5.74) is -0.187. The van der Waals surface area contributed by atoms with E-state index in [0.29, 0.717) is 25.9 Å². The van der Waals surface area contributed by atoms with Gasteiger partial charge in [0.1, 0.15) is 18.2 Å². The molecule has 114 valence electrons. The van der Waals surface area contributed by atoms with Gasteiger partial charge in [-0.25, -0.2) is 0 Å². The van der Waals surface area contributed by atoms with E-state index in [1.165, 1.54) is 6.20 Å². The van der Waals surface area contributed by atoms with Gasteiger partial charge in [0.15, 0.2) is 0 Å². The minimum atomic E-state index is -1.18. The molecule has 1 aliphatic heterocycles. The molecule has 3 N–H and O–H groups in total. The maximum Gasteiger partial charge on any atom is 0.322 e. The Bertz CT molecular complexity index is 481. The summed E-state index contributed by atoms with van der Waals surface area (Å²) in [6.45, 7) is 1.42. The molecule has 21 heavy (non-hydrogen) atoms. The van der Waals surface area contributed by atoms with E-state index in [0.717, 1.165) is 13.0 Å². The van der Waals surface area contributed by atoms with Crippen molar-refractivity contribution in [3.8, 4) is 6.07 Å². The number of nitriles is 1. The van der Waals surface area contributed by atoms with Crippen molar-refractivity contribution in [3.63, 3.8) is 0 Å². The Morgan fingerprint density at radius 3 is 2.81 bits per heavy atom. The molecule has 0 saturated carbocycles. The third-order valence-electron chi connectivity index (χ3n) is 2.93. The second-order valence-electron chi connectivity index (χ2n) is 4.54. The number of hydrogen-bond acceptors (Lipinski definition) is 5. The van der Waals surface area contributed by atoms with Crippen molar-refractivity contribution in [3.05, 3.63) is 11.8 Å². The van der Waals surface area contributed by atoms with Crippen molar-refractivity contribution >= 4 is 17.8 Å². The Balaban J connectivity index is 2.26. The van der Waals surface area contributed by atoms with E-state index in [4.69, 9.17) is 10.4 Å². The molecular weight excluding hydrogens is 276 g/mol. The van der Waals surface area contributed by atoms with Crippen LogP contribution >= 0.6 is 0 Å². The van der Waals surface area contributed by atoms with Crippen molar-refractivity contribution < 1.29 is 19.5 Å².